The largest absolute Gasteiger partial charge is 0.497 e. The van der Waals surface area contributed by atoms with Crippen molar-refractivity contribution in [2.45, 2.75) is 25.8 Å². The van der Waals surface area contributed by atoms with Crippen molar-refractivity contribution in [3.63, 3.8) is 0 Å². The smallest absolute Gasteiger partial charge is 0.139 e. The Morgan fingerprint density at radius 3 is 2.50 bits per heavy atom. The molecule has 1 aliphatic heterocycles. The van der Waals surface area contributed by atoms with Gasteiger partial charge in [0.15, 0.2) is 0 Å². The van der Waals surface area contributed by atoms with Crippen molar-refractivity contribution in [1.29, 1.82) is 0 Å². The third-order valence-corrected chi connectivity index (χ3v) is 7.09. The van der Waals surface area contributed by atoms with E-state index < -0.39 is 0 Å². The molecular weight excluding hydrogens is 416 g/mol. The first-order valence-corrected chi connectivity index (χ1v) is 12.0. The highest BCUT2D eigenvalue weighted by atomic mass is 32.1. The minimum Gasteiger partial charge on any atom is -0.497 e. The second kappa shape index (κ2) is 9.27. The van der Waals surface area contributed by atoms with Gasteiger partial charge < -0.3 is 15.0 Å². The Balaban J connectivity index is 1.52. The average Bonchev–Trinajstić information content (AvgIpc) is 3.50. The van der Waals surface area contributed by atoms with Crippen molar-refractivity contribution in [2.75, 3.05) is 32.1 Å². The molecule has 4 aromatic rings. The lowest BCUT2D eigenvalue weighted by Crippen LogP contribution is -2.29. The number of anilines is 1. The van der Waals surface area contributed by atoms with Gasteiger partial charge in [-0.25, -0.2) is 9.97 Å². The summed E-state index contributed by atoms with van der Waals surface area (Å²) in [5, 5.41) is 7.07. The lowest BCUT2D eigenvalue weighted by molar-refractivity contribution is 0.323. The zero-order chi connectivity index (χ0) is 21.9. The Bertz CT molecular complexity index is 1180. The number of hydrogen-bond donors (Lipinski definition) is 1. The molecule has 1 unspecified atom stereocenters. The van der Waals surface area contributed by atoms with Crippen LogP contribution in [-0.2, 0) is 0 Å². The highest BCUT2D eigenvalue weighted by Gasteiger charge is 2.22. The fourth-order valence-electron chi connectivity index (χ4n) is 4.39. The molecule has 32 heavy (non-hydrogen) atoms. The Hall–Kier alpha value is -2.96. The summed E-state index contributed by atoms with van der Waals surface area (Å²) in [5.41, 5.74) is 4.87. The number of aromatic nitrogens is 2. The summed E-state index contributed by atoms with van der Waals surface area (Å²) in [7, 11) is 1.70. The van der Waals surface area contributed by atoms with Crippen LogP contribution in [0.3, 0.4) is 0 Å². The molecule has 0 aliphatic carbocycles. The van der Waals surface area contributed by atoms with Crippen molar-refractivity contribution in [2.24, 2.45) is 0 Å². The van der Waals surface area contributed by atoms with Gasteiger partial charge in [-0.05, 0) is 56.1 Å². The number of thiophene rings is 1. The van der Waals surface area contributed by atoms with Gasteiger partial charge in [-0.2, -0.15) is 0 Å². The van der Waals surface area contributed by atoms with Crippen LogP contribution in [0, 0.1) is 6.92 Å². The summed E-state index contributed by atoms with van der Waals surface area (Å²) in [5.74, 6) is 1.77. The minimum absolute atomic E-state index is 0.128. The maximum Gasteiger partial charge on any atom is 0.139 e. The molecule has 6 heteroatoms. The Kier molecular flexibility index (Phi) is 6.06. The molecule has 0 radical (unpaired) electrons. The van der Waals surface area contributed by atoms with Gasteiger partial charge in [0, 0.05) is 17.5 Å². The quantitative estimate of drug-likeness (QED) is 0.383. The normalized spacial score (nSPS) is 15.2. The average molecular weight is 445 g/mol. The molecule has 2 aromatic heterocycles. The first-order chi connectivity index (χ1) is 15.7. The van der Waals surface area contributed by atoms with E-state index in [0.717, 1.165) is 41.4 Å². The Morgan fingerprint density at radius 2 is 1.78 bits per heavy atom. The second-order valence-corrected chi connectivity index (χ2v) is 9.25. The molecule has 1 aliphatic rings. The number of nitrogens with one attached hydrogen (secondary N) is 1. The summed E-state index contributed by atoms with van der Waals surface area (Å²) in [6.45, 7) is 5.37. The van der Waals surface area contributed by atoms with Crippen LogP contribution in [0.2, 0.25) is 0 Å². The predicted molar refractivity (Wildman–Crippen MR) is 133 cm³/mol. The fourth-order valence-corrected chi connectivity index (χ4v) is 5.31. The van der Waals surface area contributed by atoms with Crippen LogP contribution in [0.1, 0.15) is 30.0 Å². The summed E-state index contributed by atoms with van der Waals surface area (Å²) < 4.78 is 5.37. The third-order valence-electron chi connectivity index (χ3n) is 6.20. The molecule has 3 heterocycles. The van der Waals surface area contributed by atoms with Gasteiger partial charge in [0.25, 0.3) is 0 Å². The topological polar surface area (TPSA) is 50.3 Å². The Labute approximate surface area is 193 Å². The van der Waals surface area contributed by atoms with Crippen molar-refractivity contribution >= 4 is 27.4 Å². The van der Waals surface area contributed by atoms with E-state index in [-0.39, 0.29) is 6.04 Å². The number of benzene rings is 2. The molecule has 1 fully saturated rings. The van der Waals surface area contributed by atoms with E-state index in [1.165, 1.54) is 35.1 Å². The molecule has 1 saturated heterocycles. The van der Waals surface area contributed by atoms with Crippen LogP contribution in [-0.4, -0.2) is 41.6 Å². The molecule has 5 rings (SSSR count). The van der Waals surface area contributed by atoms with Crippen LogP contribution in [0.15, 0.2) is 60.2 Å². The summed E-state index contributed by atoms with van der Waals surface area (Å²) >= 11 is 1.67. The highest BCUT2D eigenvalue weighted by molar-refractivity contribution is 7.17. The van der Waals surface area contributed by atoms with Crippen molar-refractivity contribution in [3.05, 3.63) is 71.4 Å². The van der Waals surface area contributed by atoms with E-state index in [1.54, 1.807) is 24.8 Å². The van der Waals surface area contributed by atoms with Gasteiger partial charge in [0.1, 0.15) is 22.7 Å². The van der Waals surface area contributed by atoms with Crippen LogP contribution < -0.4 is 10.1 Å². The Morgan fingerprint density at radius 1 is 1.03 bits per heavy atom. The summed E-state index contributed by atoms with van der Waals surface area (Å²) in [6, 6.07) is 17.2. The zero-order valence-electron chi connectivity index (χ0n) is 18.5. The predicted octanol–water partition coefficient (Wildman–Crippen LogP) is 5.92. The first-order valence-electron chi connectivity index (χ1n) is 11.1. The van der Waals surface area contributed by atoms with Gasteiger partial charge in [-0.1, -0.05) is 42.0 Å². The number of nitrogens with zero attached hydrogens (tertiary/aromatic N) is 3. The summed E-state index contributed by atoms with van der Waals surface area (Å²) in [6.07, 6.45) is 4.21. The number of aryl methyl sites for hydroxylation is 1. The van der Waals surface area contributed by atoms with Crippen LogP contribution in [0.25, 0.3) is 21.3 Å². The standard InChI is InChI=1S/C26H28N4OS/c1-18-5-7-19(8-6-18)22-16-32-26-24(22)25(27-17-28-26)29-23(15-30-13-3-4-14-30)20-9-11-21(31-2)12-10-20/h5-12,16-17,23H,3-4,13-15H2,1-2H3,(H,27,28,29). The molecular formula is C26H28N4OS. The number of likely N-dealkylation sites (tertiary alicyclic amines) is 1. The van der Waals surface area contributed by atoms with E-state index in [2.05, 4.69) is 63.9 Å². The number of rotatable bonds is 7. The van der Waals surface area contributed by atoms with E-state index >= 15 is 0 Å². The molecule has 0 spiro atoms. The zero-order valence-corrected chi connectivity index (χ0v) is 19.4. The highest BCUT2D eigenvalue weighted by Crippen LogP contribution is 2.38. The molecule has 0 amide bonds. The lowest BCUT2D eigenvalue weighted by Gasteiger charge is -2.26. The van der Waals surface area contributed by atoms with E-state index in [0.29, 0.717) is 0 Å². The molecule has 164 valence electrons. The molecule has 0 bridgehead atoms. The maximum atomic E-state index is 5.37. The first kappa shape index (κ1) is 20.9. The van der Waals surface area contributed by atoms with Crippen LogP contribution in [0.4, 0.5) is 5.82 Å². The van der Waals surface area contributed by atoms with E-state index in [1.807, 2.05) is 12.1 Å². The van der Waals surface area contributed by atoms with Gasteiger partial charge in [-0.15, -0.1) is 11.3 Å². The lowest BCUT2D eigenvalue weighted by atomic mass is 10.0. The third kappa shape index (κ3) is 4.33. The fraction of sp³-hybridized carbons (Fsp3) is 0.308. The SMILES string of the molecule is COc1ccc(C(CN2CCCC2)Nc2ncnc3scc(-c4ccc(C)cc4)c23)cc1. The van der Waals surface area contributed by atoms with Crippen molar-refractivity contribution < 1.29 is 4.74 Å². The van der Waals surface area contributed by atoms with Crippen molar-refractivity contribution in [1.82, 2.24) is 14.9 Å². The van der Waals surface area contributed by atoms with E-state index in [4.69, 9.17) is 9.72 Å². The monoisotopic (exact) mass is 444 g/mol. The number of hydrogen-bond acceptors (Lipinski definition) is 6. The van der Waals surface area contributed by atoms with Gasteiger partial charge in [-0.3, -0.25) is 0 Å². The second-order valence-electron chi connectivity index (χ2n) is 8.40. The number of methoxy groups -OCH3 is 1. The molecule has 2 aromatic carbocycles. The van der Waals surface area contributed by atoms with Crippen LogP contribution in [0.5, 0.6) is 5.75 Å². The maximum absolute atomic E-state index is 5.37. The summed E-state index contributed by atoms with van der Waals surface area (Å²) in [4.78, 5) is 12.8. The molecule has 1 N–H and O–H groups in total. The molecule has 1 atom stereocenters. The van der Waals surface area contributed by atoms with Gasteiger partial charge >= 0.3 is 0 Å². The minimum atomic E-state index is 0.128. The van der Waals surface area contributed by atoms with Crippen LogP contribution >= 0.6 is 11.3 Å². The van der Waals surface area contributed by atoms with Gasteiger partial charge in [0.2, 0.25) is 0 Å². The molecule has 0 saturated carbocycles. The number of ether oxygens (including phenoxy) is 1. The van der Waals surface area contributed by atoms with E-state index in [9.17, 15) is 0 Å². The number of fused-ring (bicyclic) bond motifs is 1. The molecule has 5 nitrogen and oxygen atoms in total. The van der Waals surface area contributed by atoms with Gasteiger partial charge in [0.05, 0.1) is 18.5 Å². The van der Waals surface area contributed by atoms with Crippen molar-refractivity contribution in [3.8, 4) is 16.9 Å².